The van der Waals surface area contributed by atoms with Gasteiger partial charge in [0.05, 0.1) is 17.6 Å². The number of alkyl halides is 3. The first-order chi connectivity index (χ1) is 16.1. The topological polar surface area (TPSA) is 61.8 Å². The van der Waals surface area contributed by atoms with Crippen LogP contribution in [0.5, 0.6) is 0 Å². The number of fused-ring (bicyclic) bond motifs is 1. The van der Waals surface area contributed by atoms with Crippen LogP contribution in [0.4, 0.5) is 13.2 Å². The molecule has 0 saturated carbocycles. The van der Waals surface area contributed by atoms with E-state index >= 15 is 0 Å². The van der Waals surface area contributed by atoms with Gasteiger partial charge in [-0.3, -0.25) is 9.36 Å². The molecule has 0 aliphatic heterocycles. The van der Waals surface area contributed by atoms with E-state index in [1.54, 1.807) is 16.7 Å². The van der Waals surface area contributed by atoms with Crippen LogP contribution >= 0.6 is 0 Å². The molecule has 4 aromatic rings. The molecular weight excluding hydrogens is 445 g/mol. The monoisotopic (exact) mass is 470 g/mol. The molecule has 0 radical (unpaired) electrons. The predicted octanol–water partition coefficient (Wildman–Crippen LogP) is 4.77. The average Bonchev–Trinajstić information content (AvgIpc) is 3.18. The number of imidazole rings is 1. The van der Waals surface area contributed by atoms with Crippen molar-refractivity contribution >= 4 is 11.2 Å². The third-order valence-electron chi connectivity index (χ3n) is 5.76. The van der Waals surface area contributed by atoms with Crippen LogP contribution in [0.2, 0.25) is 0 Å². The normalized spacial score (nSPS) is 12.1. The Morgan fingerprint density at radius 1 is 0.971 bits per heavy atom. The molecule has 0 spiro atoms. The smallest absolute Gasteiger partial charge is 0.320 e. The Hall–Kier alpha value is -3.62. The summed E-state index contributed by atoms with van der Waals surface area (Å²) >= 11 is 0. The standard InChI is InChI=1S/C25H25F3N4O2/c1-16(2)12-13-31-23(33)21-22(32(24(31)34)20-10-4-17(3)5-11-20)29-15-30(21)14-18-6-8-19(9-7-18)25(26,27)28/h4-11,15-16H,12-14H2,1-3H3. The number of aromatic nitrogens is 4. The van der Waals surface area contributed by atoms with E-state index in [9.17, 15) is 22.8 Å². The first kappa shape index (κ1) is 23.5. The van der Waals surface area contributed by atoms with Gasteiger partial charge in [0.25, 0.3) is 5.56 Å². The lowest BCUT2D eigenvalue weighted by atomic mass is 10.1. The zero-order valence-electron chi connectivity index (χ0n) is 19.1. The Bertz CT molecular complexity index is 1430. The second-order valence-electron chi connectivity index (χ2n) is 8.83. The molecule has 0 saturated heterocycles. The highest BCUT2D eigenvalue weighted by atomic mass is 19.4. The maximum atomic E-state index is 13.4. The van der Waals surface area contributed by atoms with Gasteiger partial charge in [0, 0.05) is 13.1 Å². The van der Waals surface area contributed by atoms with Crippen molar-refractivity contribution in [2.24, 2.45) is 5.92 Å². The minimum Gasteiger partial charge on any atom is -0.320 e. The van der Waals surface area contributed by atoms with E-state index in [4.69, 9.17) is 0 Å². The first-order valence-corrected chi connectivity index (χ1v) is 11.0. The molecule has 0 bridgehead atoms. The first-order valence-electron chi connectivity index (χ1n) is 11.0. The highest BCUT2D eigenvalue weighted by molar-refractivity contribution is 5.72. The SMILES string of the molecule is Cc1ccc(-n2c(=O)n(CCC(C)C)c(=O)c3c2ncn3Cc2ccc(C(F)(F)F)cc2)cc1. The number of halogens is 3. The van der Waals surface area contributed by atoms with Crippen molar-refractivity contribution in [1.82, 2.24) is 18.7 Å². The van der Waals surface area contributed by atoms with Gasteiger partial charge in [-0.1, -0.05) is 43.7 Å². The molecule has 6 nitrogen and oxygen atoms in total. The molecule has 9 heteroatoms. The lowest BCUT2D eigenvalue weighted by Crippen LogP contribution is -2.40. The van der Waals surface area contributed by atoms with E-state index in [0.29, 0.717) is 17.7 Å². The van der Waals surface area contributed by atoms with Crippen LogP contribution in [0, 0.1) is 12.8 Å². The molecule has 0 aliphatic carbocycles. The summed E-state index contributed by atoms with van der Waals surface area (Å²) in [5.41, 5.74) is 0.947. The fourth-order valence-electron chi connectivity index (χ4n) is 3.81. The Balaban J connectivity index is 1.87. The fourth-order valence-corrected chi connectivity index (χ4v) is 3.81. The van der Waals surface area contributed by atoms with Gasteiger partial charge in [-0.05, 0) is 49.1 Å². The van der Waals surface area contributed by atoms with Crippen molar-refractivity contribution in [2.75, 3.05) is 0 Å². The Labute approximate surface area is 193 Å². The summed E-state index contributed by atoms with van der Waals surface area (Å²) in [5.74, 6) is 0.284. The second kappa shape index (κ2) is 8.96. The largest absolute Gasteiger partial charge is 0.416 e. The molecule has 2 heterocycles. The minimum absolute atomic E-state index is 0.139. The molecule has 0 fully saturated rings. The van der Waals surface area contributed by atoms with Gasteiger partial charge >= 0.3 is 11.9 Å². The van der Waals surface area contributed by atoms with Gasteiger partial charge in [-0.25, -0.2) is 14.3 Å². The third kappa shape index (κ3) is 4.55. The lowest BCUT2D eigenvalue weighted by molar-refractivity contribution is -0.137. The van der Waals surface area contributed by atoms with Crippen molar-refractivity contribution < 1.29 is 13.2 Å². The Morgan fingerprint density at radius 3 is 2.21 bits per heavy atom. The molecule has 2 aromatic heterocycles. The van der Waals surface area contributed by atoms with Crippen LogP contribution in [0.25, 0.3) is 16.9 Å². The van der Waals surface area contributed by atoms with E-state index in [-0.39, 0.29) is 30.2 Å². The Kier molecular flexibility index (Phi) is 6.20. The molecule has 34 heavy (non-hydrogen) atoms. The van der Waals surface area contributed by atoms with Crippen LogP contribution in [0.15, 0.2) is 64.4 Å². The summed E-state index contributed by atoms with van der Waals surface area (Å²) < 4.78 is 42.9. The summed E-state index contributed by atoms with van der Waals surface area (Å²) in [6, 6.07) is 12.1. The number of benzene rings is 2. The third-order valence-corrected chi connectivity index (χ3v) is 5.76. The maximum absolute atomic E-state index is 13.4. The van der Waals surface area contributed by atoms with Gasteiger partial charge < -0.3 is 4.57 Å². The average molecular weight is 470 g/mol. The van der Waals surface area contributed by atoms with E-state index < -0.39 is 23.0 Å². The molecule has 178 valence electrons. The number of hydrogen-bond acceptors (Lipinski definition) is 3. The van der Waals surface area contributed by atoms with E-state index in [2.05, 4.69) is 4.98 Å². The molecule has 0 amide bonds. The molecule has 4 rings (SSSR count). The quantitative estimate of drug-likeness (QED) is 0.408. The zero-order chi connectivity index (χ0) is 24.6. The molecule has 0 N–H and O–H groups in total. The number of nitrogens with zero attached hydrogens (tertiary/aromatic N) is 4. The maximum Gasteiger partial charge on any atom is 0.416 e. The van der Waals surface area contributed by atoms with Gasteiger partial charge in [-0.2, -0.15) is 13.2 Å². The van der Waals surface area contributed by atoms with E-state index in [1.807, 2.05) is 32.9 Å². The summed E-state index contributed by atoms with van der Waals surface area (Å²) in [4.78, 5) is 31.1. The lowest BCUT2D eigenvalue weighted by Gasteiger charge is -2.14. The fraction of sp³-hybridized carbons (Fsp3) is 0.320. The minimum atomic E-state index is -4.42. The molecular formula is C25H25F3N4O2. The summed E-state index contributed by atoms with van der Waals surface area (Å²) in [6.07, 6.45) is -2.34. The molecule has 0 aliphatic rings. The van der Waals surface area contributed by atoms with Crippen molar-refractivity contribution in [3.05, 3.63) is 92.4 Å². The summed E-state index contributed by atoms with van der Waals surface area (Å²) in [6.45, 7) is 6.35. The highest BCUT2D eigenvalue weighted by Gasteiger charge is 2.30. The second-order valence-corrected chi connectivity index (χ2v) is 8.83. The zero-order valence-corrected chi connectivity index (χ0v) is 19.1. The van der Waals surface area contributed by atoms with Crippen molar-refractivity contribution in [1.29, 1.82) is 0 Å². The van der Waals surface area contributed by atoms with E-state index in [1.165, 1.54) is 27.6 Å². The van der Waals surface area contributed by atoms with Crippen molar-refractivity contribution in [2.45, 2.75) is 46.5 Å². The van der Waals surface area contributed by atoms with Crippen molar-refractivity contribution in [3.8, 4) is 5.69 Å². The summed E-state index contributed by atoms with van der Waals surface area (Å²) in [7, 11) is 0. The van der Waals surface area contributed by atoms with Gasteiger partial charge in [0.15, 0.2) is 11.2 Å². The molecule has 0 unspecified atom stereocenters. The van der Waals surface area contributed by atoms with Gasteiger partial charge in [0.1, 0.15) is 0 Å². The Morgan fingerprint density at radius 2 is 1.62 bits per heavy atom. The molecule has 2 aromatic carbocycles. The number of aryl methyl sites for hydroxylation is 1. The van der Waals surface area contributed by atoms with Gasteiger partial charge in [0.2, 0.25) is 0 Å². The van der Waals surface area contributed by atoms with Gasteiger partial charge in [-0.15, -0.1) is 0 Å². The van der Waals surface area contributed by atoms with Crippen molar-refractivity contribution in [3.63, 3.8) is 0 Å². The van der Waals surface area contributed by atoms with E-state index in [0.717, 1.165) is 17.7 Å². The van der Waals surface area contributed by atoms with Crippen LogP contribution in [0.3, 0.4) is 0 Å². The molecule has 0 atom stereocenters. The van der Waals surface area contributed by atoms with Crippen LogP contribution < -0.4 is 11.2 Å². The number of rotatable bonds is 6. The summed E-state index contributed by atoms with van der Waals surface area (Å²) in [5, 5.41) is 0. The van der Waals surface area contributed by atoms with Crippen LogP contribution in [-0.2, 0) is 19.3 Å². The predicted molar refractivity (Wildman–Crippen MR) is 124 cm³/mol. The van der Waals surface area contributed by atoms with Crippen LogP contribution in [-0.4, -0.2) is 18.7 Å². The number of hydrogen-bond donors (Lipinski definition) is 0. The van der Waals surface area contributed by atoms with Crippen LogP contribution in [0.1, 0.15) is 37.0 Å². The highest BCUT2D eigenvalue weighted by Crippen LogP contribution is 2.29.